The Labute approximate surface area is 143 Å². The molecule has 5 heteroatoms. The maximum Gasteiger partial charge on any atom is 0.278 e. The predicted octanol–water partition coefficient (Wildman–Crippen LogP) is 3.52. The molecule has 5 nitrogen and oxygen atoms in total. The van der Waals surface area contributed by atoms with Crippen LogP contribution < -0.4 is 9.80 Å². The molecule has 1 aliphatic rings. The monoisotopic (exact) mass is 324 g/mol. The van der Waals surface area contributed by atoms with Gasteiger partial charge in [-0.15, -0.1) is 0 Å². The lowest BCUT2D eigenvalue weighted by atomic mass is 10.0. The van der Waals surface area contributed by atoms with Crippen LogP contribution in [0.3, 0.4) is 0 Å². The average molecular weight is 324 g/mol. The van der Waals surface area contributed by atoms with Crippen molar-refractivity contribution >= 4 is 17.4 Å². The van der Waals surface area contributed by atoms with Crippen molar-refractivity contribution in [2.75, 3.05) is 23.4 Å². The van der Waals surface area contributed by atoms with Crippen LogP contribution in [0.4, 0.5) is 11.5 Å². The van der Waals surface area contributed by atoms with E-state index in [1.54, 1.807) is 24.3 Å². The topological polar surface area (TPSA) is 49.3 Å². The molecule has 2 aromatic rings. The van der Waals surface area contributed by atoms with E-state index in [0.29, 0.717) is 11.7 Å². The molecular weight excluding hydrogens is 300 g/mol. The Morgan fingerprint density at radius 1 is 1.21 bits per heavy atom. The molecule has 0 spiro atoms. The largest absolute Gasteiger partial charge is 0.352 e. The number of rotatable bonds is 4. The van der Waals surface area contributed by atoms with Gasteiger partial charge in [-0.2, -0.15) is 0 Å². The molecule has 1 aromatic heterocycles. The van der Waals surface area contributed by atoms with Crippen molar-refractivity contribution in [1.82, 2.24) is 9.97 Å². The maximum absolute atomic E-state index is 12.6. The minimum Gasteiger partial charge on any atom is -0.352 e. The number of hydrogen-bond acceptors (Lipinski definition) is 4. The van der Waals surface area contributed by atoms with Crippen LogP contribution in [0.1, 0.15) is 43.1 Å². The summed E-state index contributed by atoms with van der Waals surface area (Å²) in [4.78, 5) is 25.4. The minimum absolute atomic E-state index is 0.147. The molecule has 2 heterocycles. The maximum atomic E-state index is 12.6. The highest BCUT2D eigenvalue weighted by Crippen LogP contribution is 2.24. The number of piperidine rings is 1. The van der Waals surface area contributed by atoms with Crippen molar-refractivity contribution in [2.45, 2.75) is 38.6 Å². The summed E-state index contributed by atoms with van der Waals surface area (Å²) in [5.74, 6) is 0.728. The third-order valence-electron chi connectivity index (χ3n) is 4.70. The number of carbonyl (C=O) groups excluding carboxylic acids is 1. The van der Waals surface area contributed by atoms with Gasteiger partial charge in [0.15, 0.2) is 0 Å². The molecular formula is C19H24N4O. The third kappa shape index (κ3) is 3.40. The number of para-hydroxylation sites is 1. The van der Waals surface area contributed by atoms with Crippen LogP contribution >= 0.6 is 0 Å². The highest BCUT2D eigenvalue weighted by atomic mass is 16.2. The van der Waals surface area contributed by atoms with Gasteiger partial charge in [0.2, 0.25) is 0 Å². The summed E-state index contributed by atoms with van der Waals surface area (Å²) in [5.41, 5.74) is 1.21. The summed E-state index contributed by atoms with van der Waals surface area (Å²) in [7, 11) is 1.75. The van der Waals surface area contributed by atoms with E-state index < -0.39 is 0 Å². The molecule has 1 saturated heterocycles. The van der Waals surface area contributed by atoms with E-state index >= 15 is 0 Å². The van der Waals surface area contributed by atoms with Gasteiger partial charge in [0.25, 0.3) is 5.91 Å². The van der Waals surface area contributed by atoms with Crippen molar-refractivity contribution < 1.29 is 4.79 Å². The normalized spacial score (nSPS) is 17.6. The van der Waals surface area contributed by atoms with E-state index in [1.807, 2.05) is 30.3 Å². The second-order valence-electron chi connectivity index (χ2n) is 6.21. The minimum atomic E-state index is -0.147. The fourth-order valence-corrected chi connectivity index (χ4v) is 3.25. The van der Waals surface area contributed by atoms with Gasteiger partial charge in [-0.05, 0) is 37.8 Å². The van der Waals surface area contributed by atoms with E-state index in [9.17, 15) is 4.79 Å². The van der Waals surface area contributed by atoms with Gasteiger partial charge in [-0.3, -0.25) is 4.79 Å². The Hall–Kier alpha value is -2.43. The van der Waals surface area contributed by atoms with Gasteiger partial charge in [0.1, 0.15) is 11.5 Å². The molecule has 0 radical (unpaired) electrons. The Morgan fingerprint density at radius 3 is 2.67 bits per heavy atom. The Bertz CT molecular complexity index is 672. The van der Waals surface area contributed by atoms with Crippen LogP contribution in [0, 0.1) is 0 Å². The van der Waals surface area contributed by atoms with Crippen molar-refractivity contribution in [3.8, 4) is 0 Å². The third-order valence-corrected chi connectivity index (χ3v) is 4.70. The predicted molar refractivity (Wildman–Crippen MR) is 96.5 cm³/mol. The van der Waals surface area contributed by atoms with Gasteiger partial charge in [-0.1, -0.05) is 25.1 Å². The standard InChI is InChI=1S/C19H24N4O/c1-3-15-9-7-8-12-23(15)18-14-20-17(13-21-18)19(24)22(2)16-10-5-4-6-11-16/h4-6,10-11,13-15H,3,7-9,12H2,1-2H3. The molecule has 126 valence electrons. The molecule has 0 aliphatic carbocycles. The molecule has 24 heavy (non-hydrogen) atoms. The molecule has 1 atom stereocenters. The second kappa shape index (κ2) is 7.43. The zero-order valence-electron chi connectivity index (χ0n) is 14.4. The second-order valence-corrected chi connectivity index (χ2v) is 6.21. The van der Waals surface area contributed by atoms with E-state index in [1.165, 1.54) is 19.3 Å². The fraction of sp³-hybridized carbons (Fsp3) is 0.421. The number of anilines is 2. The van der Waals surface area contributed by atoms with E-state index in [2.05, 4.69) is 21.8 Å². The first-order valence-corrected chi connectivity index (χ1v) is 8.62. The Morgan fingerprint density at radius 2 is 2.00 bits per heavy atom. The number of amides is 1. The van der Waals surface area contributed by atoms with Crippen molar-refractivity contribution in [1.29, 1.82) is 0 Å². The molecule has 1 fully saturated rings. The van der Waals surface area contributed by atoms with Crippen LogP contribution in [0.15, 0.2) is 42.7 Å². The molecule has 1 unspecified atom stereocenters. The number of aromatic nitrogens is 2. The van der Waals surface area contributed by atoms with E-state index in [0.717, 1.165) is 24.5 Å². The van der Waals surface area contributed by atoms with Crippen LogP contribution in [0.2, 0.25) is 0 Å². The quantitative estimate of drug-likeness (QED) is 0.863. The molecule has 0 N–H and O–H groups in total. The van der Waals surface area contributed by atoms with Gasteiger partial charge in [-0.25, -0.2) is 9.97 Å². The summed E-state index contributed by atoms with van der Waals surface area (Å²) in [6.07, 6.45) is 8.11. The van der Waals surface area contributed by atoms with Crippen molar-refractivity contribution in [2.24, 2.45) is 0 Å². The van der Waals surface area contributed by atoms with Crippen LogP contribution in [-0.4, -0.2) is 35.5 Å². The van der Waals surface area contributed by atoms with Crippen LogP contribution in [-0.2, 0) is 0 Å². The molecule has 1 amide bonds. The summed E-state index contributed by atoms with van der Waals surface area (Å²) in [6, 6.07) is 10.1. The Balaban J connectivity index is 1.75. The molecule has 0 saturated carbocycles. The van der Waals surface area contributed by atoms with Gasteiger partial charge < -0.3 is 9.80 Å². The highest BCUT2D eigenvalue weighted by Gasteiger charge is 2.23. The number of hydrogen-bond donors (Lipinski definition) is 0. The van der Waals surface area contributed by atoms with E-state index in [4.69, 9.17) is 0 Å². The van der Waals surface area contributed by atoms with Crippen molar-refractivity contribution in [3.63, 3.8) is 0 Å². The molecule has 3 rings (SSSR count). The first-order chi connectivity index (χ1) is 11.7. The Kier molecular flexibility index (Phi) is 5.08. The highest BCUT2D eigenvalue weighted by molar-refractivity contribution is 6.04. The van der Waals surface area contributed by atoms with Crippen molar-refractivity contribution in [3.05, 3.63) is 48.4 Å². The lowest BCUT2D eigenvalue weighted by molar-refractivity contribution is 0.0988. The average Bonchev–Trinajstić information content (AvgIpc) is 2.67. The lowest BCUT2D eigenvalue weighted by Crippen LogP contribution is -2.39. The molecule has 0 bridgehead atoms. The molecule has 1 aromatic carbocycles. The molecule has 1 aliphatic heterocycles. The fourth-order valence-electron chi connectivity index (χ4n) is 3.25. The van der Waals surface area contributed by atoms with Gasteiger partial charge >= 0.3 is 0 Å². The SMILES string of the molecule is CCC1CCCCN1c1cnc(C(=O)N(C)c2ccccc2)cn1. The van der Waals surface area contributed by atoms with E-state index in [-0.39, 0.29) is 5.91 Å². The smallest absolute Gasteiger partial charge is 0.278 e. The summed E-state index contributed by atoms with van der Waals surface area (Å²) >= 11 is 0. The van der Waals surface area contributed by atoms with Crippen LogP contribution in [0.25, 0.3) is 0 Å². The summed E-state index contributed by atoms with van der Waals surface area (Å²) in [6.45, 7) is 3.23. The zero-order valence-corrected chi connectivity index (χ0v) is 14.4. The number of carbonyl (C=O) groups is 1. The zero-order chi connectivity index (χ0) is 16.9. The first kappa shape index (κ1) is 16.4. The summed E-state index contributed by atoms with van der Waals surface area (Å²) in [5, 5.41) is 0. The van der Waals surface area contributed by atoms with Gasteiger partial charge in [0.05, 0.1) is 12.4 Å². The van der Waals surface area contributed by atoms with Gasteiger partial charge in [0, 0.05) is 25.3 Å². The lowest BCUT2D eigenvalue weighted by Gasteiger charge is -2.36. The summed E-state index contributed by atoms with van der Waals surface area (Å²) < 4.78 is 0. The van der Waals surface area contributed by atoms with Crippen LogP contribution in [0.5, 0.6) is 0 Å². The number of benzene rings is 1. The number of nitrogens with zero attached hydrogens (tertiary/aromatic N) is 4. The first-order valence-electron chi connectivity index (χ1n) is 8.62.